The highest BCUT2D eigenvalue weighted by molar-refractivity contribution is 7.92. The van der Waals surface area contributed by atoms with Gasteiger partial charge in [0.2, 0.25) is 5.91 Å². The van der Waals surface area contributed by atoms with E-state index in [1.165, 1.54) is 36.4 Å². The van der Waals surface area contributed by atoms with Gasteiger partial charge in [0.25, 0.3) is 15.9 Å². The Hall–Kier alpha value is -3.07. The molecule has 0 heterocycles. The lowest BCUT2D eigenvalue weighted by Crippen LogP contribution is -2.41. The minimum Gasteiger partial charge on any atom is -0.494 e. The highest BCUT2D eigenvalue weighted by atomic mass is 32.2. The largest absolute Gasteiger partial charge is 0.494 e. The molecule has 2 rings (SSSR count). The van der Waals surface area contributed by atoms with E-state index in [0.29, 0.717) is 30.4 Å². The first kappa shape index (κ1) is 23.2. The molecular formula is C21H27N3O5S. The van der Waals surface area contributed by atoms with Crippen LogP contribution in [0.4, 0.5) is 5.69 Å². The summed E-state index contributed by atoms with van der Waals surface area (Å²) in [5, 5.41) is 0. The zero-order valence-electron chi connectivity index (χ0n) is 17.3. The Bertz CT molecular complexity index is 955. The Kier molecular flexibility index (Phi) is 8.23. The van der Waals surface area contributed by atoms with E-state index in [9.17, 15) is 18.0 Å². The Morgan fingerprint density at radius 1 is 0.967 bits per heavy atom. The van der Waals surface area contributed by atoms with Crippen LogP contribution in [0.5, 0.6) is 5.75 Å². The third-order valence-electron chi connectivity index (χ3n) is 4.11. The van der Waals surface area contributed by atoms with Crippen LogP contribution >= 0.6 is 0 Å². The van der Waals surface area contributed by atoms with Crippen molar-refractivity contribution >= 4 is 27.5 Å². The number of amides is 2. The lowest BCUT2D eigenvalue weighted by atomic mass is 10.1. The summed E-state index contributed by atoms with van der Waals surface area (Å²) in [4.78, 5) is 23.9. The molecule has 0 unspecified atom stereocenters. The smallest absolute Gasteiger partial charge is 0.269 e. The van der Waals surface area contributed by atoms with Crippen LogP contribution in [0, 0.1) is 5.92 Å². The first-order valence-electron chi connectivity index (χ1n) is 9.66. The molecule has 0 aliphatic carbocycles. The van der Waals surface area contributed by atoms with Gasteiger partial charge in [0.05, 0.1) is 11.5 Å². The average molecular weight is 434 g/mol. The molecule has 9 heteroatoms. The number of ether oxygens (including phenoxy) is 1. The monoisotopic (exact) mass is 433 g/mol. The maximum Gasteiger partial charge on any atom is 0.269 e. The second-order valence-corrected chi connectivity index (χ2v) is 8.70. The number of benzene rings is 2. The summed E-state index contributed by atoms with van der Waals surface area (Å²) in [6.07, 6.45) is 1.05. The summed E-state index contributed by atoms with van der Waals surface area (Å²) < 4.78 is 32.8. The molecule has 3 N–H and O–H groups in total. The lowest BCUT2D eigenvalue weighted by molar-refractivity contribution is -0.122. The Morgan fingerprint density at radius 2 is 1.60 bits per heavy atom. The van der Waals surface area contributed by atoms with Crippen LogP contribution in [0.2, 0.25) is 0 Å². The number of hydrogen-bond acceptors (Lipinski definition) is 5. The molecule has 0 saturated carbocycles. The number of rotatable bonds is 9. The molecule has 0 aromatic heterocycles. The molecule has 0 spiro atoms. The van der Waals surface area contributed by atoms with Gasteiger partial charge in [0, 0.05) is 17.7 Å². The van der Waals surface area contributed by atoms with Crippen LogP contribution < -0.4 is 20.3 Å². The van der Waals surface area contributed by atoms with Crippen molar-refractivity contribution in [2.24, 2.45) is 5.92 Å². The predicted molar refractivity (Wildman–Crippen MR) is 115 cm³/mol. The molecule has 0 fully saturated rings. The molecule has 30 heavy (non-hydrogen) atoms. The minimum atomic E-state index is -3.78. The fourth-order valence-electron chi connectivity index (χ4n) is 2.47. The minimum absolute atomic E-state index is 0.0943. The van der Waals surface area contributed by atoms with Crippen molar-refractivity contribution in [3.05, 3.63) is 54.1 Å². The number of carbonyl (C=O) groups is 2. The van der Waals surface area contributed by atoms with Crippen LogP contribution in [-0.4, -0.2) is 26.8 Å². The SMILES string of the molecule is CCOc1ccc(S(=O)(=O)Nc2ccc(C(=O)NNC(=O)CCC(C)C)cc2)cc1. The first-order valence-corrected chi connectivity index (χ1v) is 11.1. The van der Waals surface area contributed by atoms with Crippen molar-refractivity contribution in [2.75, 3.05) is 11.3 Å². The molecule has 162 valence electrons. The molecule has 8 nitrogen and oxygen atoms in total. The van der Waals surface area contributed by atoms with E-state index in [1.54, 1.807) is 12.1 Å². The zero-order valence-corrected chi connectivity index (χ0v) is 18.1. The Labute approximate surface area is 177 Å². The van der Waals surface area contributed by atoms with Crippen molar-refractivity contribution in [2.45, 2.75) is 38.5 Å². The fraction of sp³-hybridized carbons (Fsp3) is 0.333. The second-order valence-electron chi connectivity index (χ2n) is 7.02. The van der Waals surface area contributed by atoms with Gasteiger partial charge in [-0.25, -0.2) is 8.42 Å². The Morgan fingerprint density at radius 3 is 2.17 bits per heavy atom. The molecule has 0 bridgehead atoms. The van der Waals surface area contributed by atoms with E-state index < -0.39 is 15.9 Å². The number of carbonyl (C=O) groups excluding carboxylic acids is 2. The van der Waals surface area contributed by atoms with Gasteiger partial charge < -0.3 is 4.74 Å². The summed E-state index contributed by atoms with van der Waals surface area (Å²) >= 11 is 0. The molecule has 0 radical (unpaired) electrons. The van der Waals surface area contributed by atoms with Crippen molar-refractivity contribution < 1.29 is 22.7 Å². The number of sulfonamides is 1. The van der Waals surface area contributed by atoms with E-state index in [1.807, 2.05) is 20.8 Å². The molecule has 0 aliphatic rings. The maximum absolute atomic E-state index is 12.5. The summed E-state index contributed by atoms with van der Waals surface area (Å²) in [7, 11) is -3.78. The highest BCUT2D eigenvalue weighted by Gasteiger charge is 2.15. The fourth-order valence-corrected chi connectivity index (χ4v) is 3.52. The van der Waals surface area contributed by atoms with E-state index in [0.717, 1.165) is 6.42 Å². The van der Waals surface area contributed by atoms with Gasteiger partial charge in [-0.15, -0.1) is 0 Å². The summed E-state index contributed by atoms with van der Waals surface area (Å²) in [6.45, 7) is 6.36. The summed E-state index contributed by atoms with van der Waals surface area (Å²) in [6, 6.07) is 12.0. The normalized spacial score (nSPS) is 11.1. The van der Waals surface area contributed by atoms with Crippen molar-refractivity contribution in [3.8, 4) is 5.75 Å². The number of anilines is 1. The molecule has 0 atom stereocenters. The van der Waals surface area contributed by atoms with Crippen molar-refractivity contribution in [3.63, 3.8) is 0 Å². The van der Waals surface area contributed by atoms with E-state index in [2.05, 4.69) is 15.6 Å². The molecular weight excluding hydrogens is 406 g/mol. The third kappa shape index (κ3) is 7.07. The highest BCUT2D eigenvalue weighted by Crippen LogP contribution is 2.19. The topological polar surface area (TPSA) is 114 Å². The average Bonchev–Trinajstić information content (AvgIpc) is 2.71. The van der Waals surface area contributed by atoms with Crippen LogP contribution in [0.15, 0.2) is 53.4 Å². The molecule has 0 saturated heterocycles. The number of nitrogens with one attached hydrogen (secondary N) is 3. The van der Waals surface area contributed by atoms with E-state index >= 15 is 0 Å². The van der Waals surface area contributed by atoms with Gasteiger partial charge in [-0.3, -0.25) is 25.2 Å². The lowest BCUT2D eigenvalue weighted by Gasteiger charge is -2.11. The van der Waals surface area contributed by atoms with Crippen molar-refractivity contribution in [1.82, 2.24) is 10.9 Å². The molecule has 2 aromatic carbocycles. The first-order chi connectivity index (χ1) is 14.2. The number of hydrazine groups is 1. The predicted octanol–water partition coefficient (Wildman–Crippen LogP) is 3.08. The van der Waals surface area contributed by atoms with Crippen molar-refractivity contribution in [1.29, 1.82) is 0 Å². The standard InChI is InChI=1S/C21H27N3O5S/c1-4-29-18-10-12-19(13-11-18)30(27,28)24-17-8-6-16(7-9-17)21(26)23-22-20(25)14-5-15(2)3/h6-13,15,24H,4-5,14H2,1-3H3,(H,22,25)(H,23,26). The van der Waals surface area contributed by atoms with E-state index in [-0.39, 0.29) is 16.4 Å². The van der Waals surface area contributed by atoms with Gasteiger partial charge in [-0.1, -0.05) is 13.8 Å². The second kappa shape index (κ2) is 10.6. The van der Waals surface area contributed by atoms with Crippen LogP contribution in [-0.2, 0) is 14.8 Å². The molecule has 2 amide bonds. The van der Waals surface area contributed by atoms with Gasteiger partial charge in [0.15, 0.2) is 0 Å². The third-order valence-corrected chi connectivity index (χ3v) is 5.51. The quantitative estimate of drug-likeness (QED) is 0.526. The number of hydrogen-bond donors (Lipinski definition) is 3. The van der Waals surface area contributed by atoms with Gasteiger partial charge in [-0.2, -0.15) is 0 Å². The van der Waals surface area contributed by atoms with Crippen LogP contribution in [0.25, 0.3) is 0 Å². The van der Waals surface area contributed by atoms with Crippen LogP contribution in [0.1, 0.15) is 44.0 Å². The van der Waals surface area contributed by atoms with Gasteiger partial charge >= 0.3 is 0 Å². The summed E-state index contributed by atoms with van der Waals surface area (Å²) in [5.41, 5.74) is 5.29. The summed E-state index contributed by atoms with van der Waals surface area (Å²) in [5.74, 6) is 0.221. The maximum atomic E-state index is 12.5. The van der Waals surface area contributed by atoms with Crippen LogP contribution in [0.3, 0.4) is 0 Å². The molecule has 2 aromatic rings. The molecule has 0 aliphatic heterocycles. The van der Waals surface area contributed by atoms with Gasteiger partial charge in [-0.05, 0) is 67.8 Å². The Balaban J connectivity index is 1.94. The zero-order chi connectivity index (χ0) is 22.1. The van der Waals surface area contributed by atoms with Gasteiger partial charge in [0.1, 0.15) is 5.75 Å². The van der Waals surface area contributed by atoms with E-state index in [4.69, 9.17) is 4.74 Å².